The fourth-order valence-corrected chi connectivity index (χ4v) is 6.42. The van der Waals surface area contributed by atoms with Crippen LogP contribution in [0.1, 0.15) is 98.3 Å². The highest BCUT2D eigenvalue weighted by atomic mass is 32.2. The van der Waals surface area contributed by atoms with Crippen molar-refractivity contribution in [1.82, 2.24) is 26.6 Å². The molecule has 2 aromatic rings. The molecule has 330 valence electrons. The van der Waals surface area contributed by atoms with E-state index in [0.717, 1.165) is 35.7 Å². The minimum absolute atomic E-state index is 0.0226. The van der Waals surface area contributed by atoms with Crippen molar-refractivity contribution in [3.63, 3.8) is 0 Å². The number of rotatable bonds is 22. The van der Waals surface area contributed by atoms with Gasteiger partial charge in [-0.3, -0.25) is 19.2 Å². The lowest BCUT2D eigenvalue weighted by molar-refractivity contribution is -0.155. The van der Waals surface area contributed by atoms with Crippen LogP contribution in [0.5, 0.6) is 0 Å². The van der Waals surface area contributed by atoms with Crippen molar-refractivity contribution in [3.8, 4) is 0 Å². The van der Waals surface area contributed by atoms with Crippen molar-refractivity contribution < 1.29 is 47.3 Å². The zero-order valence-corrected chi connectivity index (χ0v) is 36.9. The second kappa shape index (κ2) is 24.1. The van der Waals surface area contributed by atoms with Gasteiger partial charge in [0.1, 0.15) is 41.0 Å². The molecule has 4 amide bonds. The number of hydrogen-bond donors (Lipinski definition) is 6. The maximum Gasteiger partial charge on any atom is 0.408 e. The molecule has 5 atom stereocenters. The normalized spacial score (nSPS) is 14.3. The van der Waals surface area contributed by atoms with Crippen molar-refractivity contribution in [2.75, 3.05) is 18.6 Å². The van der Waals surface area contributed by atoms with Crippen LogP contribution in [0.25, 0.3) is 0 Å². The molecule has 0 aliphatic heterocycles. The van der Waals surface area contributed by atoms with Gasteiger partial charge in [0.25, 0.3) is 0 Å². The first kappa shape index (κ1) is 50.9. The van der Waals surface area contributed by atoms with E-state index in [1.807, 2.05) is 37.4 Å². The number of aliphatic hydroxyl groups is 1. The SMILES string of the molecule is CCc1cccc(CNC[C@H](O)[C@@H](Cc2cc(F)cc(F)c2)NC(=O)[C@H](CCSC)NC(=O)[C@@H](NC(=O)[C@@H](CCC(=O)OC(C)(C)C)NC(=O)OC(C)(C)C)C(C)C)c1. The van der Waals surface area contributed by atoms with Gasteiger partial charge in [-0.1, -0.05) is 45.0 Å². The second-order valence-corrected chi connectivity index (χ2v) is 17.9. The molecule has 0 radical (unpaired) electrons. The van der Waals surface area contributed by atoms with Gasteiger partial charge in [-0.15, -0.1) is 0 Å². The van der Waals surface area contributed by atoms with Crippen molar-refractivity contribution in [3.05, 3.63) is 70.8 Å². The number of carbonyl (C=O) groups excluding carboxylic acids is 5. The number of hydrogen-bond acceptors (Lipinski definition) is 10. The Morgan fingerprint density at radius 2 is 1.36 bits per heavy atom. The third-order valence-electron chi connectivity index (χ3n) is 8.81. The van der Waals surface area contributed by atoms with E-state index in [1.165, 1.54) is 11.8 Å². The van der Waals surface area contributed by atoms with Crippen LogP contribution in [-0.2, 0) is 48.0 Å². The first-order valence-corrected chi connectivity index (χ1v) is 21.4. The summed E-state index contributed by atoms with van der Waals surface area (Å²) in [7, 11) is 0. The molecule has 0 aromatic heterocycles. The first-order chi connectivity index (χ1) is 27.5. The number of nitrogens with one attached hydrogen (secondary N) is 5. The summed E-state index contributed by atoms with van der Waals surface area (Å²) in [5.74, 6) is -4.38. The van der Waals surface area contributed by atoms with Gasteiger partial charge in [0, 0.05) is 25.6 Å². The fourth-order valence-electron chi connectivity index (χ4n) is 5.94. The minimum Gasteiger partial charge on any atom is -0.460 e. The lowest BCUT2D eigenvalue weighted by atomic mass is 9.99. The summed E-state index contributed by atoms with van der Waals surface area (Å²) in [4.78, 5) is 66.9. The van der Waals surface area contributed by atoms with Crippen LogP contribution in [0, 0.1) is 17.6 Å². The minimum atomic E-state index is -1.29. The molecule has 13 nitrogen and oxygen atoms in total. The number of ether oxygens (including phenoxy) is 2. The molecule has 0 aliphatic carbocycles. The number of alkyl carbamates (subject to hydrolysis) is 1. The van der Waals surface area contributed by atoms with E-state index >= 15 is 0 Å². The highest BCUT2D eigenvalue weighted by molar-refractivity contribution is 7.98. The third kappa shape index (κ3) is 20.0. The van der Waals surface area contributed by atoms with Crippen molar-refractivity contribution in [2.45, 2.75) is 142 Å². The predicted molar refractivity (Wildman–Crippen MR) is 225 cm³/mol. The van der Waals surface area contributed by atoms with Crippen molar-refractivity contribution in [2.24, 2.45) is 5.92 Å². The van der Waals surface area contributed by atoms with E-state index in [1.54, 1.807) is 55.4 Å². The first-order valence-electron chi connectivity index (χ1n) is 20.0. The Bertz CT molecular complexity index is 1680. The van der Waals surface area contributed by atoms with Crippen LogP contribution in [0.4, 0.5) is 13.6 Å². The average Bonchev–Trinajstić information content (AvgIpc) is 3.11. The van der Waals surface area contributed by atoms with Crippen LogP contribution in [0.2, 0.25) is 0 Å². The number of thioether (sulfide) groups is 1. The summed E-state index contributed by atoms with van der Waals surface area (Å²) in [6, 6.07) is 6.28. The summed E-state index contributed by atoms with van der Waals surface area (Å²) in [5, 5.41) is 25.3. The molecule has 59 heavy (non-hydrogen) atoms. The molecule has 6 N–H and O–H groups in total. The highest BCUT2D eigenvalue weighted by Crippen LogP contribution is 2.16. The molecule has 0 aliphatic rings. The standard InChI is InChI=1S/C43H65F2N5O8S/c1-11-27-13-12-14-28(19-27)24-46-25-35(51)34(22-29-20-30(44)23-31(45)21-29)48-38(53)33(17-18-59-10)47-40(55)37(26(2)3)50-39(54)32(49-41(56)58-43(7,8)9)15-16-36(52)57-42(4,5)6/h12-14,19-21,23,26,32-35,37,46,51H,11,15-18,22,24-25H2,1-10H3,(H,47,55)(H,48,53)(H,49,56)(H,50,54)/t32-,33+,34-,35+,37+/m1/s1. The largest absolute Gasteiger partial charge is 0.460 e. The topological polar surface area (TPSA) is 184 Å². The lowest BCUT2D eigenvalue weighted by Crippen LogP contribution is -2.60. The Hall–Kier alpha value is -4.28. The van der Waals surface area contributed by atoms with Gasteiger partial charge >= 0.3 is 12.1 Å². The van der Waals surface area contributed by atoms with Gasteiger partial charge in [-0.05, 0) is 114 Å². The zero-order chi connectivity index (χ0) is 44.5. The molecule has 2 aromatic carbocycles. The molecule has 2 rings (SSSR count). The van der Waals surface area contributed by atoms with E-state index in [0.29, 0.717) is 12.3 Å². The quantitative estimate of drug-likeness (QED) is 0.0873. The summed E-state index contributed by atoms with van der Waals surface area (Å²) in [6.07, 6.45) is 0.221. The molecule has 0 spiro atoms. The molecule has 0 saturated carbocycles. The summed E-state index contributed by atoms with van der Waals surface area (Å²) in [5.41, 5.74) is 0.683. The highest BCUT2D eigenvalue weighted by Gasteiger charge is 2.34. The van der Waals surface area contributed by atoms with Gasteiger partial charge in [0.15, 0.2) is 0 Å². The van der Waals surface area contributed by atoms with Crippen LogP contribution in [0.15, 0.2) is 42.5 Å². The summed E-state index contributed by atoms with van der Waals surface area (Å²) < 4.78 is 39.2. The van der Waals surface area contributed by atoms with E-state index in [4.69, 9.17) is 9.47 Å². The summed E-state index contributed by atoms with van der Waals surface area (Å²) >= 11 is 1.43. The van der Waals surface area contributed by atoms with Crippen LogP contribution < -0.4 is 26.6 Å². The number of carbonyl (C=O) groups is 5. The van der Waals surface area contributed by atoms with Crippen molar-refractivity contribution in [1.29, 1.82) is 0 Å². The monoisotopic (exact) mass is 849 g/mol. The van der Waals surface area contributed by atoms with E-state index in [-0.39, 0.29) is 37.8 Å². The van der Waals surface area contributed by atoms with Gasteiger partial charge in [-0.2, -0.15) is 11.8 Å². The van der Waals surface area contributed by atoms with Gasteiger partial charge < -0.3 is 41.2 Å². The molecule has 0 heterocycles. The predicted octanol–water partition coefficient (Wildman–Crippen LogP) is 5.10. The molecule has 0 fully saturated rings. The molecular formula is C43H65F2N5O8S. The van der Waals surface area contributed by atoms with Gasteiger partial charge in [0.05, 0.1) is 12.1 Å². The third-order valence-corrected chi connectivity index (χ3v) is 9.45. The van der Waals surface area contributed by atoms with Crippen LogP contribution in [0.3, 0.4) is 0 Å². The summed E-state index contributed by atoms with van der Waals surface area (Å²) in [6.45, 7) is 15.9. The molecule has 0 saturated heterocycles. The molecular weight excluding hydrogens is 785 g/mol. The number of benzene rings is 2. The Morgan fingerprint density at radius 1 is 0.763 bits per heavy atom. The lowest BCUT2D eigenvalue weighted by Gasteiger charge is -2.30. The zero-order valence-electron chi connectivity index (χ0n) is 36.1. The Labute approximate surface area is 352 Å². The maximum atomic E-state index is 14.2. The molecule has 16 heteroatoms. The van der Waals surface area contributed by atoms with E-state index < -0.39 is 88.8 Å². The van der Waals surface area contributed by atoms with E-state index in [9.17, 15) is 37.9 Å². The number of esters is 1. The van der Waals surface area contributed by atoms with Crippen LogP contribution in [-0.4, -0.2) is 94.9 Å². The average molecular weight is 850 g/mol. The molecule has 0 bridgehead atoms. The Morgan fingerprint density at radius 3 is 1.93 bits per heavy atom. The van der Waals surface area contributed by atoms with Crippen LogP contribution >= 0.6 is 11.8 Å². The number of amides is 4. The van der Waals surface area contributed by atoms with Gasteiger partial charge in [-0.25, -0.2) is 13.6 Å². The second-order valence-electron chi connectivity index (χ2n) is 16.9. The number of aliphatic hydroxyl groups excluding tert-OH is 1. The number of halogens is 2. The van der Waals surface area contributed by atoms with Gasteiger partial charge in [0.2, 0.25) is 17.7 Å². The Balaban J connectivity index is 2.30. The van der Waals surface area contributed by atoms with E-state index in [2.05, 4.69) is 26.6 Å². The number of aryl methyl sites for hydroxylation is 1. The Kier molecular flexibility index (Phi) is 20.8. The molecule has 0 unspecified atom stereocenters. The smallest absolute Gasteiger partial charge is 0.408 e. The van der Waals surface area contributed by atoms with Crippen molar-refractivity contribution >= 4 is 41.5 Å². The fraction of sp³-hybridized carbons (Fsp3) is 0.605. The maximum absolute atomic E-state index is 14.2.